The Morgan fingerprint density at radius 2 is 1.41 bits per heavy atom. The van der Waals surface area contributed by atoms with E-state index in [9.17, 15) is 9.18 Å². The van der Waals surface area contributed by atoms with E-state index in [-0.39, 0.29) is 23.6 Å². The number of nitrogens with zero attached hydrogens (tertiary/aromatic N) is 1. The maximum Gasteiger partial charge on any atom is 0.203 e. The van der Waals surface area contributed by atoms with Crippen molar-refractivity contribution in [2.75, 3.05) is 41.3 Å². The van der Waals surface area contributed by atoms with E-state index in [0.29, 0.717) is 39.8 Å². The molecule has 0 atom stereocenters. The molecule has 0 fully saturated rings. The lowest BCUT2D eigenvalue weighted by Crippen LogP contribution is -2.02. The number of methoxy groups -OCH3 is 5. The molecule has 3 aromatic carbocycles. The van der Waals surface area contributed by atoms with Gasteiger partial charge in [-0.25, -0.2) is 4.39 Å². The molecule has 0 aliphatic heterocycles. The van der Waals surface area contributed by atoms with Gasteiger partial charge in [0.1, 0.15) is 11.4 Å². The van der Waals surface area contributed by atoms with Gasteiger partial charge in [0.2, 0.25) is 5.75 Å². The summed E-state index contributed by atoms with van der Waals surface area (Å²) in [6, 6.07) is 11.3. The summed E-state index contributed by atoms with van der Waals surface area (Å²) >= 11 is 0. The monoisotopic (exact) mass is 508 g/mol. The van der Waals surface area contributed by atoms with E-state index in [1.807, 2.05) is 0 Å². The second kappa shape index (κ2) is 12.4. The number of nitrogen functional groups attached to an aromatic ring is 1. The number of aliphatic imine (C=N–C) groups is 1. The van der Waals surface area contributed by atoms with Crippen LogP contribution in [0.1, 0.15) is 27.9 Å². The average Bonchev–Trinajstić information content (AvgIpc) is 2.90. The van der Waals surface area contributed by atoms with Crippen molar-refractivity contribution in [1.82, 2.24) is 0 Å². The molecule has 0 aromatic heterocycles. The van der Waals surface area contributed by atoms with Gasteiger partial charge in [-0.05, 0) is 53.6 Å². The van der Waals surface area contributed by atoms with Crippen LogP contribution in [-0.2, 0) is 0 Å². The van der Waals surface area contributed by atoms with Gasteiger partial charge in [0.25, 0.3) is 0 Å². The van der Waals surface area contributed by atoms with E-state index < -0.39 is 5.82 Å². The Labute approximate surface area is 215 Å². The minimum Gasteiger partial charge on any atom is -0.495 e. The molecule has 9 heteroatoms. The molecular weight excluding hydrogens is 479 g/mol. The Bertz CT molecular complexity index is 1310. The van der Waals surface area contributed by atoms with Gasteiger partial charge in [-0.15, -0.1) is 0 Å². The topological polar surface area (TPSA) is 102 Å². The van der Waals surface area contributed by atoms with Crippen LogP contribution in [0.5, 0.6) is 28.7 Å². The van der Waals surface area contributed by atoms with E-state index >= 15 is 0 Å². The van der Waals surface area contributed by atoms with Gasteiger partial charge >= 0.3 is 0 Å². The molecule has 2 N–H and O–H groups in total. The first-order valence-corrected chi connectivity index (χ1v) is 11.2. The Balaban J connectivity index is 1.84. The van der Waals surface area contributed by atoms with Crippen LogP contribution < -0.4 is 29.4 Å². The highest BCUT2D eigenvalue weighted by Gasteiger charge is 2.14. The van der Waals surface area contributed by atoms with Crippen molar-refractivity contribution in [3.05, 3.63) is 65.0 Å². The smallest absolute Gasteiger partial charge is 0.203 e. The molecule has 0 aliphatic rings. The number of Topliss-reactive ketones (excluding diaryl/α,β-unsaturated/α-hetero) is 1. The highest BCUT2D eigenvalue weighted by atomic mass is 19.1. The highest BCUT2D eigenvalue weighted by Crippen LogP contribution is 2.39. The quantitative estimate of drug-likeness (QED) is 0.156. The van der Waals surface area contributed by atoms with Gasteiger partial charge in [0, 0.05) is 18.2 Å². The lowest BCUT2D eigenvalue weighted by Gasteiger charge is -2.13. The van der Waals surface area contributed by atoms with Gasteiger partial charge in [0.05, 0.1) is 41.2 Å². The van der Waals surface area contributed by atoms with E-state index in [4.69, 9.17) is 29.4 Å². The lowest BCUT2D eigenvalue weighted by molar-refractivity contribution is 0.100. The van der Waals surface area contributed by atoms with E-state index in [2.05, 4.69) is 4.99 Å². The predicted molar refractivity (Wildman–Crippen MR) is 142 cm³/mol. The standard InChI is InChI=1S/C28H29FN2O6/c1-33-24-9-8-19(16-21(24)30)23(32)10-11-31-22-13-17(12-20(29)27(22)36-4)6-7-18-14-25(34-2)28(37-5)26(15-18)35-3/h6-9,11-16H,10,30H2,1-5H3/b7-6-,31-11?. The second-order valence-corrected chi connectivity index (χ2v) is 7.74. The second-order valence-electron chi connectivity index (χ2n) is 7.74. The van der Waals surface area contributed by atoms with Gasteiger partial charge in [-0.2, -0.15) is 0 Å². The summed E-state index contributed by atoms with van der Waals surface area (Å²) in [6.45, 7) is 0. The number of anilines is 1. The Hall–Kier alpha value is -4.53. The lowest BCUT2D eigenvalue weighted by atomic mass is 10.1. The fourth-order valence-electron chi connectivity index (χ4n) is 3.64. The molecule has 0 aliphatic carbocycles. The minimum atomic E-state index is -0.587. The Morgan fingerprint density at radius 1 is 0.811 bits per heavy atom. The van der Waals surface area contributed by atoms with Crippen molar-refractivity contribution in [3.63, 3.8) is 0 Å². The van der Waals surface area contributed by atoms with Crippen molar-refractivity contribution < 1.29 is 32.9 Å². The summed E-state index contributed by atoms with van der Waals surface area (Å²) in [5.41, 5.74) is 8.20. The van der Waals surface area contributed by atoms with Crippen LogP contribution in [0.15, 0.2) is 47.5 Å². The zero-order valence-electron chi connectivity index (χ0n) is 21.3. The third-order valence-electron chi connectivity index (χ3n) is 5.46. The Kier molecular flexibility index (Phi) is 9.10. The maximum atomic E-state index is 14.8. The first-order chi connectivity index (χ1) is 17.8. The van der Waals surface area contributed by atoms with Crippen molar-refractivity contribution in [3.8, 4) is 28.7 Å². The molecule has 0 bridgehead atoms. The SMILES string of the molecule is COc1ccc(C(=O)CC=Nc2cc(/C=C\c3cc(OC)c(OC)c(OC)c3)cc(F)c2OC)cc1N. The van der Waals surface area contributed by atoms with E-state index in [0.717, 1.165) is 5.56 Å². The number of ether oxygens (including phenoxy) is 5. The minimum absolute atomic E-state index is 0.0119. The normalized spacial score (nSPS) is 11.1. The van der Waals surface area contributed by atoms with Gasteiger partial charge in [0.15, 0.2) is 28.8 Å². The summed E-state index contributed by atoms with van der Waals surface area (Å²) in [5, 5.41) is 0. The molecule has 0 radical (unpaired) electrons. The number of nitrogens with two attached hydrogens (primary N) is 1. The van der Waals surface area contributed by atoms with Gasteiger partial charge in [-0.1, -0.05) is 12.2 Å². The molecule has 3 rings (SSSR count). The van der Waals surface area contributed by atoms with Crippen LogP contribution in [0.2, 0.25) is 0 Å². The largest absolute Gasteiger partial charge is 0.495 e. The number of carbonyl (C=O) groups excluding carboxylic acids is 1. The molecule has 8 nitrogen and oxygen atoms in total. The van der Waals surface area contributed by atoms with Gasteiger partial charge in [-0.3, -0.25) is 9.79 Å². The molecule has 194 valence electrons. The summed E-state index contributed by atoms with van der Waals surface area (Å²) in [6.07, 6.45) is 4.89. The van der Waals surface area contributed by atoms with Crippen molar-refractivity contribution in [2.45, 2.75) is 6.42 Å². The molecule has 0 heterocycles. The van der Waals surface area contributed by atoms with Crippen LogP contribution in [0.4, 0.5) is 15.8 Å². The van der Waals surface area contributed by atoms with Crippen LogP contribution in [0.3, 0.4) is 0 Å². The summed E-state index contributed by atoms with van der Waals surface area (Å²) in [5.74, 6) is 1.14. The fourth-order valence-corrected chi connectivity index (χ4v) is 3.64. The summed E-state index contributed by atoms with van der Waals surface area (Å²) < 4.78 is 41.2. The van der Waals surface area contributed by atoms with Crippen LogP contribution in [0.25, 0.3) is 12.2 Å². The first-order valence-electron chi connectivity index (χ1n) is 11.2. The molecule has 0 unspecified atom stereocenters. The number of rotatable bonds is 11. The Morgan fingerprint density at radius 3 is 1.95 bits per heavy atom. The number of halogens is 1. The van der Waals surface area contributed by atoms with Crippen LogP contribution >= 0.6 is 0 Å². The van der Waals surface area contributed by atoms with E-state index in [1.165, 1.54) is 47.8 Å². The highest BCUT2D eigenvalue weighted by molar-refractivity contribution is 6.04. The van der Waals surface area contributed by atoms with Crippen LogP contribution in [-0.4, -0.2) is 47.5 Å². The molecule has 0 spiro atoms. The van der Waals surface area contributed by atoms with E-state index in [1.54, 1.807) is 48.6 Å². The maximum absolute atomic E-state index is 14.8. The zero-order valence-corrected chi connectivity index (χ0v) is 21.3. The van der Waals surface area contributed by atoms with Crippen molar-refractivity contribution in [1.29, 1.82) is 0 Å². The zero-order chi connectivity index (χ0) is 26.9. The molecule has 0 saturated carbocycles. The number of benzene rings is 3. The third kappa shape index (κ3) is 6.38. The predicted octanol–water partition coefficient (Wildman–Crippen LogP) is 5.60. The fraction of sp³-hybridized carbons (Fsp3) is 0.214. The van der Waals surface area contributed by atoms with Crippen molar-refractivity contribution >= 4 is 35.5 Å². The summed E-state index contributed by atoms with van der Waals surface area (Å²) in [4.78, 5) is 16.8. The molecule has 3 aromatic rings. The number of hydrogen-bond acceptors (Lipinski definition) is 8. The molecule has 0 amide bonds. The number of ketones is 1. The van der Waals surface area contributed by atoms with Crippen molar-refractivity contribution in [2.24, 2.45) is 4.99 Å². The van der Waals surface area contributed by atoms with Crippen LogP contribution in [0, 0.1) is 5.82 Å². The number of carbonyl (C=O) groups is 1. The molecule has 37 heavy (non-hydrogen) atoms. The number of hydrogen-bond donors (Lipinski definition) is 1. The summed E-state index contributed by atoms with van der Waals surface area (Å²) in [7, 11) is 7.44. The molecular formula is C28H29FN2O6. The average molecular weight is 509 g/mol. The first kappa shape index (κ1) is 27.1. The van der Waals surface area contributed by atoms with Gasteiger partial charge < -0.3 is 29.4 Å². The molecule has 0 saturated heterocycles. The third-order valence-corrected chi connectivity index (χ3v) is 5.46.